The van der Waals surface area contributed by atoms with E-state index in [9.17, 15) is 4.79 Å². The van der Waals surface area contributed by atoms with E-state index in [0.717, 1.165) is 45.3 Å². The van der Waals surface area contributed by atoms with Gasteiger partial charge in [0.1, 0.15) is 0 Å². The lowest BCUT2D eigenvalue weighted by atomic mass is 10.0. The average Bonchev–Trinajstić information content (AvgIpc) is 2.38. The lowest BCUT2D eigenvalue weighted by molar-refractivity contribution is -0.136. The highest BCUT2D eigenvalue weighted by molar-refractivity contribution is 5.78. The summed E-state index contributed by atoms with van der Waals surface area (Å²) in [6.07, 6.45) is 6.63. The van der Waals surface area contributed by atoms with Crippen LogP contribution in [0.15, 0.2) is 0 Å². The van der Waals surface area contributed by atoms with Crippen molar-refractivity contribution in [2.45, 2.75) is 64.5 Å². The molecule has 0 aromatic carbocycles. The van der Waals surface area contributed by atoms with Gasteiger partial charge in [0.2, 0.25) is 5.91 Å². The molecule has 1 heterocycles. The van der Waals surface area contributed by atoms with Crippen LogP contribution in [0.25, 0.3) is 0 Å². The van der Waals surface area contributed by atoms with Gasteiger partial charge in [0.25, 0.3) is 0 Å². The zero-order chi connectivity index (χ0) is 14.3. The van der Waals surface area contributed by atoms with Gasteiger partial charge in [-0.2, -0.15) is 0 Å². The van der Waals surface area contributed by atoms with E-state index in [4.69, 9.17) is 10.5 Å². The number of likely N-dealkylation sites (N-methyl/N-ethyl adjacent to an activating group) is 1. The summed E-state index contributed by atoms with van der Waals surface area (Å²) < 4.78 is 5.68. The van der Waals surface area contributed by atoms with E-state index >= 15 is 0 Å². The van der Waals surface area contributed by atoms with Crippen molar-refractivity contribution in [3.63, 3.8) is 0 Å². The summed E-state index contributed by atoms with van der Waals surface area (Å²) in [6, 6.07) is 0.232. The molecule has 0 aromatic heterocycles. The number of hydrogen-bond donors (Lipinski definition) is 1. The largest absolute Gasteiger partial charge is 0.376 e. The fourth-order valence-corrected chi connectivity index (χ4v) is 2.59. The van der Waals surface area contributed by atoms with Gasteiger partial charge < -0.3 is 15.4 Å². The average molecular weight is 270 g/mol. The minimum atomic E-state index is 0.0901. The van der Waals surface area contributed by atoms with E-state index in [1.54, 1.807) is 0 Å². The van der Waals surface area contributed by atoms with Crippen molar-refractivity contribution in [1.29, 1.82) is 0 Å². The quantitative estimate of drug-likeness (QED) is 0.771. The number of nitrogens with two attached hydrogens (primary N) is 1. The Hall–Kier alpha value is -0.610. The van der Waals surface area contributed by atoms with Crippen LogP contribution in [-0.2, 0) is 9.53 Å². The maximum atomic E-state index is 12.2. The molecule has 2 N–H and O–H groups in total. The van der Waals surface area contributed by atoms with Gasteiger partial charge in [-0.05, 0) is 39.0 Å². The van der Waals surface area contributed by atoms with Crippen LogP contribution < -0.4 is 5.73 Å². The van der Waals surface area contributed by atoms with Gasteiger partial charge in [-0.15, -0.1) is 0 Å². The van der Waals surface area contributed by atoms with Crippen molar-refractivity contribution in [3.05, 3.63) is 0 Å². The first kappa shape index (κ1) is 16.4. The molecule has 1 aliphatic heterocycles. The molecule has 0 saturated carbocycles. The van der Waals surface area contributed by atoms with Crippen molar-refractivity contribution in [2.24, 2.45) is 11.7 Å². The Kier molecular flexibility index (Phi) is 7.39. The molecule has 1 aliphatic rings. The number of carbonyl (C=O) groups excluding carboxylic acids is 1. The molecule has 0 aromatic rings. The molecule has 0 radical (unpaired) electrons. The third kappa shape index (κ3) is 6.39. The number of carbonyl (C=O) groups is 1. The molecule has 112 valence electrons. The monoisotopic (exact) mass is 270 g/mol. The Labute approximate surface area is 117 Å². The van der Waals surface area contributed by atoms with Crippen LogP contribution in [0.3, 0.4) is 0 Å². The molecule has 0 bridgehead atoms. The third-order valence-corrected chi connectivity index (χ3v) is 3.85. The minimum Gasteiger partial charge on any atom is -0.376 e. The summed E-state index contributed by atoms with van der Waals surface area (Å²) in [5.74, 6) is 0.325. The number of hydrogen-bond acceptors (Lipinski definition) is 3. The zero-order valence-electron chi connectivity index (χ0n) is 12.7. The van der Waals surface area contributed by atoms with Crippen molar-refractivity contribution >= 4 is 5.91 Å². The number of rotatable bonds is 7. The van der Waals surface area contributed by atoms with Gasteiger partial charge in [0.05, 0.1) is 6.10 Å². The van der Waals surface area contributed by atoms with Crippen LogP contribution in [-0.4, -0.2) is 43.2 Å². The van der Waals surface area contributed by atoms with Crippen LogP contribution in [0.5, 0.6) is 0 Å². The second-order valence-electron chi connectivity index (χ2n) is 6.02. The molecular formula is C15H30N2O2. The zero-order valence-corrected chi connectivity index (χ0v) is 12.7. The maximum Gasteiger partial charge on any atom is 0.225 e. The van der Waals surface area contributed by atoms with Gasteiger partial charge in [0.15, 0.2) is 0 Å². The molecule has 1 saturated heterocycles. The first-order valence-corrected chi connectivity index (χ1v) is 7.63. The van der Waals surface area contributed by atoms with E-state index in [2.05, 4.69) is 0 Å². The van der Waals surface area contributed by atoms with E-state index in [-0.39, 0.29) is 24.0 Å². The van der Waals surface area contributed by atoms with Gasteiger partial charge in [-0.1, -0.05) is 13.3 Å². The molecule has 0 spiro atoms. The van der Waals surface area contributed by atoms with Gasteiger partial charge in [-0.3, -0.25) is 4.79 Å². The second kappa shape index (κ2) is 8.54. The molecule has 0 aliphatic carbocycles. The predicted molar refractivity (Wildman–Crippen MR) is 77.9 cm³/mol. The fraction of sp³-hybridized carbons (Fsp3) is 0.933. The van der Waals surface area contributed by atoms with Crippen molar-refractivity contribution in [1.82, 2.24) is 4.90 Å². The van der Waals surface area contributed by atoms with Crippen molar-refractivity contribution in [3.8, 4) is 0 Å². The summed E-state index contributed by atoms with van der Waals surface area (Å²) >= 11 is 0. The lowest BCUT2D eigenvalue weighted by Crippen LogP contribution is -2.39. The Bertz CT molecular complexity index is 263. The minimum absolute atomic E-state index is 0.0901. The molecule has 1 amide bonds. The Morgan fingerprint density at radius 1 is 1.37 bits per heavy atom. The van der Waals surface area contributed by atoms with Crippen LogP contribution in [0, 0.1) is 5.92 Å². The summed E-state index contributed by atoms with van der Waals surface area (Å²) in [5, 5.41) is 0. The van der Waals surface area contributed by atoms with Crippen molar-refractivity contribution in [2.75, 3.05) is 20.2 Å². The molecular weight excluding hydrogens is 240 g/mol. The highest BCUT2D eigenvalue weighted by Crippen LogP contribution is 2.16. The van der Waals surface area contributed by atoms with E-state index in [1.165, 1.54) is 6.42 Å². The molecule has 1 fully saturated rings. The molecule has 19 heavy (non-hydrogen) atoms. The normalized spacial score (nSPS) is 22.8. The molecule has 1 rings (SSSR count). The second-order valence-corrected chi connectivity index (χ2v) is 6.02. The maximum absolute atomic E-state index is 12.2. The van der Waals surface area contributed by atoms with Crippen molar-refractivity contribution < 1.29 is 9.53 Å². The van der Waals surface area contributed by atoms with Gasteiger partial charge in [0, 0.05) is 32.2 Å². The number of nitrogens with zero attached hydrogens (tertiary/aromatic N) is 1. The van der Waals surface area contributed by atoms with Gasteiger partial charge >= 0.3 is 0 Å². The Morgan fingerprint density at radius 3 is 2.68 bits per heavy atom. The van der Waals surface area contributed by atoms with E-state index in [0.29, 0.717) is 0 Å². The highest BCUT2D eigenvalue weighted by Gasteiger charge is 2.22. The summed E-state index contributed by atoms with van der Waals surface area (Å²) in [7, 11) is 1.89. The Balaban J connectivity index is 2.25. The molecule has 4 nitrogen and oxygen atoms in total. The predicted octanol–water partition coefficient (Wildman–Crippen LogP) is 2.17. The van der Waals surface area contributed by atoms with E-state index < -0.39 is 0 Å². The first-order chi connectivity index (χ1) is 9.00. The lowest BCUT2D eigenvalue weighted by Gasteiger charge is -2.29. The fourth-order valence-electron chi connectivity index (χ4n) is 2.59. The first-order valence-electron chi connectivity index (χ1n) is 7.63. The molecule has 3 unspecified atom stereocenters. The molecule has 3 atom stereocenters. The standard InChI is InChI=1S/C15H30N2O2/c1-12(7-6-8-13(2)16)15(18)17(3)11-14-9-4-5-10-19-14/h12-14H,4-11,16H2,1-3H3. The third-order valence-electron chi connectivity index (χ3n) is 3.85. The Morgan fingerprint density at radius 2 is 2.11 bits per heavy atom. The smallest absolute Gasteiger partial charge is 0.225 e. The number of ether oxygens (including phenoxy) is 1. The van der Waals surface area contributed by atoms with Crippen LogP contribution >= 0.6 is 0 Å². The summed E-state index contributed by atoms with van der Waals surface area (Å²) in [6.45, 7) is 5.61. The summed E-state index contributed by atoms with van der Waals surface area (Å²) in [5.41, 5.74) is 5.73. The highest BCUT2D eigenvalue weighted by atomic mass is 16.5. The van der Waals surface area contributed by atoms with Gasteiger partial charge in [-0.25, -0.2) is 0 Å². The topological polar surface area (TPSA) is 55.6 Å². The van der Waals surface area contributed by atoms with Crippen LogP contribution in [0.1, 0.15) is 52.4 Å². The van der Waals surface area contributed by atoms with Crippen LogP contribution in [0.2, 0.25) is 0 Å². The SMILES string of the molecule is CC(N)CCCC(C)C(=O)N(C)CC1CCCCO1. The number of amides is 1. The summed E-state index contributed by atoms with van der Waals surface area (Å²) in [4.78, 5) is 14.1. The van der Waals surface area contributed by atoms with E-state index in [1.807, 2.05) is 25.8 Å². The molecule has 4 heteroatoms. The van der Waals surface area contributed by atoms with Crippen LogP contribution in [0.4, 0.5) is 0 Å².